The molecular formula is C16H11BrN2O2. The number of carbonyl (C=O) groups is 2. The number of para-hydroxylation sites is 1. The van der Waals surface area contributed by atoms with Gasteiger partial charge in [-0.15, -0.1) is 0 Å². The number of amides is 2. The fourth-order valence-electron chi connectivity index (χ4n) is 2.06. The molecule has 0 spiro atoms. The molecule has 5 heteroatoms. The van der Waals surface area contributed by atoms with Gasteiger partial charge in [-0.05, 0) is 29.8 Å². The number of benzene rings is 2. The SMILES string of the molecule is O=C1NN(c2ccccc2)C(=O)C1=Cc1ccccc1Br. The lowest BCUT2D eigenvalue weighted by molar-refractivity contribution is -0.117. The lowest BCUT2D eigenvalue weighted by Gasteiger charge is -2.13. The highest BCUT2D eigenvalue weighted by atomic mass is 79.9. The first-order valence-electron chi connectivity index (χ1n) is 6.33. The number of nitrogens with one attached hydrogen (secondary N) is 1. The van der Waals surface area contributed by atoms with Crippen LogP contribution in [-0.2, 0) is 9.59 Å². The van der Waals surface area contributed by atoms with E-state index in [1.807, 2.05) is 42.5 Å². The molecule has 1 fully saturated rings. The molecule has 0 aliphatic carbocycles. The van der Waals surface area contributed by atoms with Crippen LogP contribution in [-0.4, -0.2) is 11.8 Å². The van der Waals surface area contributed by atoms with E-state index >= 15 is 0 Å². The van der Waals surface area contributed by atoms with Gasteiger partial charge < -0.3 is 0 Å². The van der Waals surface area contributed by atoms with Crippen LogP contribution in [0.3, 0.4) is 0 Å². The number of rotatable bonds is 2. The minimum Gasteiger partial charge on any atom is -0.267 e. The van der Waals surface area contributed by atoms with Crippen LogP contribution in [0.5, 0.6) is 0 Å². The van der Waals surface area contributed by atoms with Gasteiger partial charge in [0.05, 0.1) is 5.69 Å². The number of nitrogens with zero attached hydrogens (tertiary/aromatic N) is 1. The minimum absolute atomic E-state index is 0.116. The van der Waals surface area contributed by atoms with Crippen molar-refractivity contribution in [2.45, 2.75) is 0 Å². The van der Waals surface area contributed by atoms with Crippen LogP contribution < -0.4 is 10.4 Å². The van der Waals surface area contributed by atoms with Gasteiger partial charge in [0.15, 0.2) is 0 Å². The highest BCUT2D eigenvalue weighted by Gasteiger charge is 2.34. The zero-order valence-corrected chi connectivity index (χ0v) is 12.5. The van der Waals surface area contributed by atoms with Gasteiger partial charge in [0.25, 0.3) is 11.8 Å². The lowest BCUT2D eigenvalue weighted by atomic mass is 10.1. The molecule has 2 amide bonds. The number of hydrogen-bond acceptors (Lipinski definition) is 2. The normalized spacial score (nSPS) is 16.4. The molecule has 1 N–H and O–H groups in total. The minimum atomic E-state index is -0.403. The van der Waals surface area contributed by atoms with Crippen LogP contribution in [0, 0.1) is 0 Å². The zero-order chi connectivity index (χ0) is 14.8. The molecule has 3 rings (SSSR count). The molecule has 104 valence electrons. The first-order chi connectivity index (χ1) is 10.2. The summed E-state index contributed by atoms with van der Waals surface area (Å²) in [6, 6.07) is 16.4. The Hall–Kier alpha value is -2.40. The summed E-state index contributed by atoms with van der Waals surface area (Å²) in [4.78, 5) is 24.4. The highest BCUT2D eigenvalue weighted by Crippen LogP contribution is 2.24. The Morgan fingerprint density at radius 3 is 2.33 bits per heavy atom. The number of carbonyl (C=O) groups excluding carboxylic acids is 2. The molecule has 2 aromatic rings. The quantitative estimate of drug-likeness (QED) is 0.673. The van der Waals surface area contributed by atoms with Crippen molar-refractivity contribution in [2.75, 3.05) is 5.01 Å². The van der Waals surface area contributed by atoms with Gasteiger partial charge >= 0.3 is 0 Å². The number of hydrazine groups is 1. The molecule has 0 saturated carbocycles. The first-order valence-corrected chi connectivity index (χ1v) is 7.13. The van der Waals surface area contributed by atoms with E-state index < -0.39 is 5.91 Å². The molecule has 0 unspecified atom stereocenters. The Bertz CT molecular complexity index is 741. The fraction of sp³-hybridized carbons (Fsp3) is 0. The number of hydrogen-bond donors (Lipinski definition) is 1. The van der Waals surface area contributed by atoms with E-state index in [0.717, 1.165) is 10.0 Å². The van der Waals surface area contributed by atoms with E-state index in [4.69, 9.17) is 0 Å². The Morgan fingerprint density at radius 1 is 0.952 bits per heavy atom. The Labute approximate surface area is 130 Å². The van der Waals surface area contributed by atoms with E-state index in [1.165, 1.54) is 5.01 Å². The van der Waals surface area contributed by atoms with Crippen molar-refractivity contribution in [2.24, 2.45) is 0 Å². The molecular weight excluding hydrogens is 332 g/mol. The van der Waals surface area contributed by atoms with Crippen molar-refractivity contribution in [1.29, 1.82) is 0 Å². The summed E-state index contributed by atoms with van der Waals surface area (Å²) in [5.74, 6) is -0.762. The predicted octanol–water partition coefficient (Wildman–Crippen LogP) is 2.91. The summed E-state index contributed by atoms with van der Waals surface area (Å²) >= 11 is 3.40. The maximum atomic E-state index is 12.4. The van der Waals surface area contributed by atoms with Crippen molar-refractivity contribution < 1.29 is 9.59 Å². The third-order valence-corrected chi connectivity index (χ3v) is 3.83. The maximum Gasteiger partial charge on any atom is 0.282 e. The molecule has 0 atom stereocenters. The summed E-state index contributed by atoms with van der Waals surface area (Å²) in [7, 11) is 0. The van der Waals surface area contributed by atoms with E-state index in [9.17, 15) is 9.59 Å². The van der Waals surface area contributed by atoms with Crippen LogP contribution >= 0.6 is 15.9 Å². The van der Waals surface area contributed by atoms with Crippen LogP contribution in [0.4, 0.5) is 5.69 Å². The van der Waals surface area contributed by atoms with E-state index in [0.29, 0.717) is 5.69 Å². The third kappa shape index (κ3) is 2.60. The fourth-order valence-corrected chi connectivity index (χ4v) is 2.46. The van der Waals surface area contributed by atoms with Gasteiger partial charge in [-0.2, -0.15) is 0 Å². The maximum absolute atomic E-state index is 12.4. The van der Waals surface area contributed by atoms with Crippen LogP contribution in [0.25, 0.3) is 6.08 Å². The molecule has 21 heavy (non-hydrogen) atoms. The summed E-state index contributed by atoms with van der Waals surface area (Å²) in [5.41, 5.74) is 4.10. The summed E-state index contributed by atoms with van der Waals surface area (Å²) in [6.07, 6.45) is 1.59. The zero-order valence-electron chi connectivity index (χ0n) is 10.9. The number of halogens is 1. The molecule has 1 aliphatic heterocycles. The van der Waals surface area contributed by atoms with Crippen molar-refractivity contribution in [3.05, 3.63) is 70.2 Å². The molecule has 1 aliphatic rings. The first kappa shape index (κ1) is 13.6. The summed E-state index contributed by atoms with van der Waals surface area (Å²) in [6.45, 7) is 0. The Morgan fingerprint density at radius 2 is 1.62 bits per heavy atom. The molecule has 2 aromatic carbocycles. The standard InChI is InChI=1S/C16H11BrN2O2/c17-14-9-5-4-6-11(14)10-13-15(20)18-19(16(13)21)12-7-2-1-3-8-12/h1-10H,(H,18,20). The van der Waals surface area contributed by atoms with Gasteiger partial charge in [-0.25, -0.2) is 5.01 Å². The van der Waals surface area contributed by atoms with E-state index in [1.54, 1.807) is 18.2 Å². The average molecular weight is 343 g/mol. The van der Waals surface area contributed by atoms with E-state index in [2.05, 4.69) is 21.4 Å². The third-order valence-electron chi connectivity index (χ3n) is 3.11. The van der Waals surface area contributed by atoms with Gasteiger partial charge in [0.2, 0.25) is 0 Å². The van der Waals surface area contributed by atoms with Crippen LogP contribution in [0.15, 0.2) is 64.6 Å². The van der Waals surface area contributed by atoms with E-state index in [-0.39, 0.29) is 11.5 Å². The molecule has 0 bridgehead atoms. The van der Waals surface area contributed by atoms with Crippen molar-refractivity contribution in [1.82, 2.24) is 5.43 Å². The second-order valence-electron chi connectivity index (χ2n) is 4.50. The van der Waals surface area contributed by atoms with Crippen molar-refractivity contribution >= 4 is 39.5 Å². The van der Waals surface area contributed by atoms with Gasteiger partial charge in [-0.3, -0.25) is 15.0 Å². The largest absolute Gasteiger partial charge is 0.282 e. The van der Waals surface area contributed by atoms with Gasteiger partial charge in [-0.1, -0.05) is 52.3 Å². The van der Waals surface area contributed by atoms with Crippen molar-refractivity contribution in [3.63, 3.8) is 0 Å². The van der Waals surface area contributed by atoms with Crippen molar-refractivity contribution in [3.8, 4) is 0 Å². The lowest BCUT2D eigenvalue weighted by Crippen LogP contribution is -2.35. The predicted molar refractivity (Wildman–Crippen MR) is 84.2 cm³/mol. The molecule has 1 saturated heterocycles. The summed E-state index contributed by atoms with van der Waals surface area (Å²) < 4.78 is 0.830. The molecule has 0 radical (unpaired) electrons. The highest BCUT2D eigenvalue weighted by molar-refractivity contribution is 9.10. The monoisotopic (exact) mass is 342 g/mol. The second-order valence-corrected chi connectivity index (χ2v) is 5.35. The number of anilines is 1. The summed E-state index contributed by atoms with van der Waals surface area (Å²) in [5, 5.41) is 1.25. The van der Waals surface area contributed by atoms with Crippen LogP contribution in [0.2, 0.25) is 0 Å². The topological polar surface area (TPSA) is 49.4 Å². The molecule has 4 nitrogen and oxygen atoms in total. The molecule has 0 aromatic heterocycles. The van der Waals surface area contributed by atoms with Gasteiger partial charge in [0.1, 0.15) is 5.57 Å². The smallest absolute Gasteiger partial charge is 0.267 e. The average Bonchev–Trinajstić information content (AvgIpc) is 2.78. The van der Waals surface area contributed by atoms with Crippen LogP contribution in [0.1, 0.15) is 5.56 Å². The van der Waals surface area contributed by atoms with Gasteiger partial charge in [0, 0.05) is 4.47 Å². The Kier molecular flexibility index (Phi) is 3.58. The molecule has 1 heterocycles. The second kappa shape index (κ2) is 5.54. The Balaban J connectivity index is 1.97.